The number of hydrogen-bond donors (Lipinski definition) is 3. The third-order valence-corrected chi connectivity index (χ3v) is 2.91. The van der Waals surface area contributed by atoms with Crippen molar-refractivity contribution in [3.63, 3.8) is 0 Å². The summed E-state index contributed by atoms with van der Waals surface area (Å²) in [6.45, 7) is 0.0270. The maximum absolute atomic E-state index is 11.0. The fourth-order valence-electron chi connectivity index (χ4n) is 1.82. The minimum absolute atomic E-state index is 0.0270. The summed E-state index contributed by atoms with van der Waals surface area (Å²) in [6.07, 6.45) is 0.418. The van der Waals surface area contributed by atoms with E-state index in [0.29, 0.717) is 12.0 Å². The van der Waals surface area contributed by atoms with Gasteiger partial charge in [0, 0.05) is 23.1 Å². The van der Waals surface area contributed by atoms with Gasteiger partial charge in [-0.1, -0.05) is 29.7 Å². The number of hydrogen-bond acceptors (Lipinski definition) is 3. The lowest BCUT2D eigenvalue weighted by Crippen LogP contribution is -1.97. The lowest BCUT2D eigenvalue weighted by Gasteiger charge is -1.99. The van der Waals surface area contributed by atoms with E-state index in [1.165, 1.54) is 12.1 Å². The summed E-state index contributed by atoms with van der Waals surface area (Å²) in [4.78, 5) is 11.0. The zero-order chi connectivity index (χ0) is 16.7. The normalized spacial score (nSPS) is 9.26. The Bertz CT molecular complexity index is 845. The Kier molecular flexibility index (Phi) is 5.41. The Labute approximate surface area is 134 Å². The van der Waals surface area contributed by atoms with Crippen molar-refractivity contribution in [2.45, 2.75) is 6.42 Å². The van der Waals surface area contributed by atoms with Gasteiger partial charge in [-0.05, 0) is 36.4 Å². The van der Waals surface area contributed by atoms with E-state index >= 15 is 0 Å². The molecule has 0 aliphatic carbocycles. The molecule has 0 unspecified atom stereocenters. The van der Waals surface area contributed by atoms with E-state index in [1.807, 2.05) is 24.3 Å². The fourth-order valence-corrected chi connectivity index (χ4v) is 1.82. The van der Waals surface area contributed by atoms with E-state index < -0.39 is 5.97 Å². The van der Waals surface area contributed by atoms with E-state index in [4.69, 9.17) is 10.2 Å². The number of rotatable bonds is 2. The maximum Gasteiger partial charge on any atom is 0.339 e. The molecule has 2 aromatic rings. The van der Waals surface area contributed by atoms with Crippen molar-refractivity contribution in [2.24, 2.45) is 0 Å². The predicted octanol–water partition coefficient (Wildman–Crippen LogP) is 2.22. The van der Waals surface area contributed by atoms with Crippen LogP contribution < -0.4 is 0 Å². The molecule has 0 atom stereocenters. The number of benzene rings is 2. The molecule has 0 radical (unpaired) electrons. The standard InChI is InChI=1S/C19H14O4/c20-11-2-1-4-14-5-3-6-15(12-14)7-8-16-9-10-18(21)17(13-16)19(22)23/h3,5-6,9-10,12-13,20-21H,2,11H2,(H,22,23). The highest BCUT2D eigenvalue weighted by molar-refractivity contribution is 5.91. The molecular formula is C19H14O4. The highest BCUT2D eigenvalue weighted by Crippen LogP contribution is 2.18. The minimum Gasteiger partial charge on any atom is -0.507 e. The predicted molar refractivity (Wildman–Crippen MR) is 86.1 cm³/mol. The van der Waals surface area contributed by atoms with Crippen LogP contribution in [0.5, 0.6) is 5.75 Å². The number of carboxylic acid groups (broad SMARTS) is 1. The fraction of sp³-hybridized carbons (Fsp3) is 0.105. The van der Waals surface area contributed by atoms with Crippen LogP contribution in [-0.4, -0.2) is 27.9 Å². The van der Waals surface area contributed by atoms with Crippen LogP contribution in [-0.2, 0) is 0 Å². The van der Waals surface area contributed by atoms with Crippen LogP contribution in [0.4, 0.5) is 0 Å². The molecule has 0 spiro atoms. The molecule has 2 rings (SSSR count). The number of aliphatic hydroxyl groups is 1. The van der Waals surface area contributed by atoms with E-state index in [0.717, 1.165) is 11.1 Å². The molecule has 114 valence electrons. The summed E-state index contributed by atoms with van der Waals surface area (Å²) >= 11 is 0. The molecule has 4 heteroatoms. The molecule has 2 aromatic carbocycles. The molecule has 0 fully saturated rings. The van der Waals surface area contributed by atoms with Crippen LogP contribution in [0.2, 0.25) is 0 Å². The van der Waals surface area contributed by atoms with Crippen molar-refractivity contribution in [3.05, 3.63) is 64.7 Å². The smallest absolute Gasteiger partial charge is 0.339 e. The Hall–Kier alpha value is -3.21. The number of aromatic carboxylic acids is 1. The molecule has 0 saturated heterocycles. The number of aromatic hydroxyl groups is 1. The summed E-state index contributed by atoms with van der Waals surface area (Å²) in [5.74, 6) is 10.1. The van der Waals surface area contributed by atoms with Crippen LogP contribution in [0.25, 0.3) is 0 Å². The number of aliphatic hydroxyl groups excluding tert-OH is 1. The Balaban J connectivity index is 2.26. The van der Waals surface area contributed by atoms with Crippen molar-refractivity contribution in [1.29, 1.82) is 0 Å². The van der Waals surface area contributed by atoms with Crippen molar-refractivity contribution >= 4 is 5.97 Å². The van der Waals surface area contributed by atoms with Crippen LogP contribution in [0.15, 0.2) is 42.5 Å². The van der Waals surface area contributed by atoms with Gasteiger partial charge in [-0.3, -0.25) is 0 Å². The summed E-state index contributed by atoms with van der Waals surface area (Å²) in [7, 11) is 0. The molecule has 0 bridgehead atoms. The van der Waals surface area contributed by atoms with E-state index in [-0.39, 0.29) is 17.9 Å². The van der Waals surface area contributed by atoms with Gasteiger partial charge in [-0.15, -0.1) is 0 Å². The highest BCUT2D eigenvalue weighted by atomic mass is 16.4. The average Bonchev–Trinajstić information content (AvgIpc) is 2.54. The summed E-state index contributed by atoms with van der Waals surface area (Å²) in [5.41, 5.74) is 1.85. The van der Waals surface area contributed by atoms with E-state index in [9.17, 15) is 9.90 Å². The first-order chi connectivity index (χ1) is 11.1. The van der Waals surface area contributed by atoms with Crippen LogP contribution in [0, 0.1) is 23.7 Å². The van der Waals surface area contributed by atoms with Crippen molar-refractivity contribution < 1.29 is 20.1 Å². The van der Waals surface area contributed by atoms with Gasteiger partial charge in [0.2, 0.25) is 0 Å². The van der Waals surface area contributed by atoms with E-state index in [1.54, 1.807) is 6.07 Å². The lowest BCUT2D eigenvalue weighted by atomic mass is 10.1. The SMILES string of the molecule is O=C(O)c1cc(C#Cc2cccc(C#CCCO)c2)ccc1O. The topological polar surface area (TPSA) is 77.8 Å². The second-order valence-electron chi connectivity index (χ2n) is 4.64. The second kappa shape index (κ2) is 7.70. The molecule has 3 N–H and O–H groups in total. The average molecular weight is 306 g/mol. The largest absolute Gasteiger partial charge is 0.507 e. The first-order valence-electron chi connectivity index (χ1n) is 6.88. The quantitative estimate of drug-likeness (QED) is 0.744. The van der Waals surface area contributed by atoms with Crippen LogP contribution in [0.1, 0.15) is 33.5 Å². The van der Waals surface area contributed by atoms with Gasteiger partial charge in [0.15, 0.2) is 0 Å². The zero-order valence-corrected chi connectivity index (χ0v) is 12.2. The number of phenols is 1. The van der Waals surface area contributed by atoms with Crippen molar-refractivity contribution in [3.8, 4) is 29.4 Å². The molecule has 4 nitrogen and oxygen atoms in total. The molecule has 0 aromatic heterocycles. The van der Waals surface area contributed by atoms with Gasteiger partial charge >= 0.3 is 5.97 Å². The van der Waals surface area contributed by atoms with Crippen molar-refractivity contribution in [1.82, 2.24) is 0 Å². The van der Waals surface area contributed by atoms with Gasteiger partial charge in [-0.25, -0.2) is 4.79 Å². The molecule has 0 aliphatic heterocycles. The summed E-state index contributed by atoms with van der Waals surface area (Å²) < 4.78 is 0. The number of carbonyl (C=O) groups is 1. The first kappa shape index (κ1) is 16.2. The molecule has 23 heavy (non-hydrogen) atoms. The molecule has 0 aliphatic rings. The highest BCUT2D eigenvalue weighted by Gasteiger charge is 2.08. The van der Waals surface area contributed by atoms with Gasteiger partial charge in [0.05, 0.1) is 6.61 Å². The monoisotopic (exact) mass is 306 g/mol. The lowest BCUT2D eigenvalue weighted by molar-refractivity contribution is 0.0693. The van der Waals surface area contributed by atoms with Crippen LogP contribution in [0.3, 0.4) is 0 Å². The van der Waals surface area contributed by atoms with Gasteiger partial charge in [0.25, 0.3) is 0 Å². The van der Waals surface area contributed by atoms with Crippen molar-refractivity contribution in [2.75, 3.05) is 6.61 Å². The van der Waals surface area contributed by atoms with Gasteiger partial charge in [-0.2, -0.15) is 0 Å². The number of carboxylic acids is 1. The molecule has 0 saturated carbocycles. The Morgan fingerprint density at radius 1 is 0.957 bits per heavy atom. The molecule has 0 amide bonds. The Morgan fingerprint density at radius 2 is 1.61 bits per heavy atom. The summed E-state index contributed by atoms with van der Waals surface area (Å²) in [6, 6.07) is 11.5. The molecule has 0 heterocycles. The second-order valence-corrected chi connectivity index (χ2v) is 4.64. The minimum atomic E-state index is -1.20. The third kappa shape index (κ3) is 4.64. The first-order valence-corrected chi connectivity index (χ1v) is 6.88. The zero-order valence-electron chi connectivity index (χ0n) is 12.2. The summed E-state index contributed by atoms with van der Waals surface area (Å²) in [5, 5.41) is 27.1. The van der Waals surface area contributed by atoms with Gasteiger partial charge < -0.3 is 15.3 Å². The van der Waals surface area contributed by atoms with Crippen LogP contribution >= 0.6 is 0 Å². The third-order valence-electron chi connectivity index (χ3n) is 2.91. The molecular weight excluding hydrogens is 292 g/mol. The Morgan fingerprint density at radius 3 is 2.26 bits per heavy atom. The maximum atomic E-state index is 11.0. The van der Waals surface area contributed by atoms with E-state index in [2.05, 4.69) is 23.7 Å². The van der Waals surface area contributed by atoms with Gasteiger partial charge in [0.1, 0.15) is 11.3 Å².